The number of aryl methyl sites for hydroxylation is 3. The summed E-state index contributed by atoms with van der Waals surface area (Å²) in [6, 6.07) is 9.62. The van der Waals surface area contributed by atoms with Gasteiger partial charge in [-0.05, 0) is 73.1 Å². The fourth-order valence-corrected chi connectivity index (χ4v) is 4.39. The number of hydrogen-bond donors (Lipinski definition) is 2. The summed E-state index contributed by atoms with van der Waals surface area (Å²) >= 11 is 0. The lowest BCUT2D eigenvalue weighted by Gasteiger charge is -2.25. The monoisotopic (exact) mass is 475 g/mol. The molecule has 0 bridgehead atoms. The van der Waals surface area contributed by atoms with Gasteiger partial charge >= 0.3 is 5.97 Å². The van der Waals surface area contributed by atoms with E-state index in [2.05, 4.69) is 10.3 Å². The van der Waals surface area contributed by atoms with E-state index >= 15 is 0 Å². The molecule has 7 heteroatoms. The van der Waals surface area contributed by atoms with Gasteiger partial charge in [0.25, 0.3) is 5.56 Å². The van der Waals surface area contributed by atoms with Gasteiger partial charge in [0.05, 0.1) is 12.5 Å². The van der Waals surface area contributed by atoms with Crippen LogP contribution in [-0.2, 0) is 9.59 Å². The van der Waals surface area contributed by atoms with Gasteiger partial charge in [0, 0.05) is 30.2 Å². The molecule has 3 rings (SSSR count). The SMILES string of the molecule is Cc1ccn(C(CC(C)C)C(=O)NC(CC(=O)O)c2cncc(-c3c(C)cccc3C)c2)c(=O)c1. The van der Waals surface area contributed by atoms with Crippen molar-refractivity contribution in [3.8, 4) is 11.1 Å². The topological polar surface area (TPSA) is 101 Å². The molecule has 0 aliphatic heterocycles. The molecule has 3 aromatic rings. The standard InChI is InChI=1S/C28H33N3O4/c1-17(2)11-24(31-10-9-18(3)12-25(31)32)28(35)30-23(14-26(33)34)21-13-22(16-29-15-21)27-19(4)7-6-8-20(27)5/h6-10,12-13,15-17,23-24H,11,14H2,1-5H3,(H,30,35)(H,33,34). The number of carbonyl (C=O) groups excluding carboxylic acids is 1. The third kappa shape index (κ3) is 6.44. The normalized spacial score (nSPS) is 12.9. The fourth-order valence-electron chi connectivity index (χ4n) is 4.39. The van der Waals surface area contributed by atoms with Crippen LogP contribution in [0.2, 0.25) is 0 Å². The van der Waals surface area contributed by atoms with E-state index in [1.165, 1.54) is 10.6 Å². The molecule has 7 nitrogen and oxygen atoms in total. The molecular weight excluding hydrogens is 442 g/mol. The highest BCUT2D eigenvalue weighted by atomic mass is 16.4. The van der Waals surface area contributed by atoms with Gasteiger partial charge < -0.3 is 15.0 Å². The number of pyridine rings is 2. The molecular formula is C28H33N3O4. The van der Waals surface area contributed by atoms with Crippen molar-refractivity contribution in [3.05, 3.63) is 87.6 Å². The van der Waals surface area contributed by atoms with Crippen LogP contribution in [0.25, 0.3) is 11.1 Å². The van der Waals surface area contributed by atoms with Gasteiger partial charge in [0.2, 0.25) is 5.91 Å². The van der Waals surface area contributed by atoms with Gasteiger partial charge in [-0.25, -0.2) is 0 Å². The van der Waals surface area contributed by atoms with Crippen molar-refractivity contribution in [1.82, 2.24) is 14.9 Å². The molecule has 2 unspecified atom stereocenters. The Hall–Kier alpha value is -3.74. The van der Waals surface area contributed by atoms with Crippen LogP contribution in [0, 0.1) is 26.7 Å². The van der Waals surface area contributed by atoms with Crippen molar-refractivity contribution >= 4 is 11.9 Å². The van der Waals surface area contributed by atoms with E-state index in [1.807, 2.05) is 58.9 Å². The summed E-state index contributed by atoms with van der Waals surface area (Å²) in [7, 11) is 0. The molecule has 184 valence electrons. The highest BCUT2D eigenvalue weighted by Crippen LogP contribution is 2.29. The molecule has 0 radical (unpaired) electrons. The lowest BCUT2D eigenvalue weighted by molar-refractivity contribution is -0.138. The highest BCUT2D eigenvalue weighted by molar-refractivity contribution is 5.82. The minimum atomic E-state index is -1.04. The Morgan fingerprint density at radius 2 is 1.74 bits per heavy atom. The number of rotatable bonds is 9. The number of aliphatic carboxylic acids is 1. The minimum absolute atomic E-state index is 0.144. The predicted molar refractivity (Wildman–Crippen MR) is 136 cm³/mol. The second kappa shape index (κ2) is 11.1. The number of nitrogens with zero attached hydrogens (tertiary/aromatic N) is 2. The molecule has 0 fully saturated rings. The number of carboxylic acids is 1. The van der Waals surface area contributed by atoms with Crippen molar-refractivity contribution in [2.45, 2.75) is 59.5 Å². The van der Waals surface area contributed by atoms with Crippen LogP contribution in [0.4, 0.5) is 0 Å². The summed E-state index contributed by atoms with van der Waals surface area (Å²) in [5, 5.41) is 12.5. The maximum Gasteiger partial charge on any atom is 0.305 e. The second-order valence-electron chi connectivity index (χ2n) is 9.53. The summed E-state index contributed by atoms with van der Waals surface area (Å²) in [6.07, 6.45) is 5.09. The maximum absolute atomic E-state index is 13.5. The molecule has 0 saturated heterocycles. The van der Waals surface area contributed by atoms with E-state index in [0.717, 1.165) is 27.8 Å². The van der Waals surface area contributed by atoms with Crippen LogP contribution in [0.5, 0.6) is 0 Å². The zero-order valence-corrected chi connectivity index (χ0v) is 20.9. The molecule has 35 heavy (non-hydrogen) atoms. The van der Waals surface area contributed by atoms with Gasteiger partial charge in [-0.15, -0.1) is 0 Å². The molecule has 1 amide bonds. The Balaban J connectivity index is 1.98. The molecule has 1 aromatic carbocycles. The zero-order chi connectivity index (χ0) is 25.7. The Morgan fingerprint density at radius 1 is 1.06 bits per heavy atom. The number of nitrogens with one attached hydrogen (secondary N) is 1. The van der Waals surface area contributed by atoms with E-state index in [1.54, 1.807) is 24.7 Å². The first-order chi connectivity index (χ1) is 16.6. The molecule has 0 aliphatic carbocycles. The Kier molecular flexibility index (Phi) is 8.22. The summed E-state index contributed by atoms with van der Waals surface area (Å²) in [5.41, 5.74) is 5.20. The van der Waals surface area contributed by atoms with Crippen LogP contribution < -0.4 is 10.9 Å². The number of aromatic nitrogens is 2. The highest BCUT2D eigenvalue weighted by Gasteiger charge is 2.27. The number of benzene rings is 1. The largest absolute Gasteiger partial charge is 0.481 e. The first-order valence-corrected chi connectivity index (χ1v) is 11.8. The first kappa shape index (κ1) is 25.9. The van der Waals surface area contributed by atoms with Gasteiger partial charge in [-0.2, -0.15) is 0 Å². The molecule has 0 saturated carbocycles. The van der Waals surface area contributed by atoms with Gasteiger partial charge in [0.15, 0.2) is 0 Å². The quantitative estimate of drug-likeness (QED) is 0.465. The van der Waals surface area contributed by atoms with Crippen molar-refractivity contribution in [1.29, 1.82) is 0 Å². The Morgan fingerprint density at radius 3 is 2.34 bits per heavy atom. The van der Waals surface area contributed by atoms with E-state index in [4.69, 9.17) is 0 Å². The van der Waals surface area contributed by atoms with Crippen LogP contribution in [-0.4, -0.2) is 26.5 Å². The predicted octanol–water partition coefficient (Wildman–Crippen LogP) is 4.75. The summed E-state index contributed by atoms with van der Waals surface area (Å²) in [6.45, 7) is 9.81. The molecule has 2 N–H and O–H groups in total. The lowest BCUT2D eigenvalue weighted by Crippen LogP contribution is -2.40. The van der Waals surface area contributed by atoms with Crippen LogP contribution >= 0.6 is 0 Å². The van der Waals surface area contributed by atoms with Gasteiger partial charge in [0.1, 0.15) is 6.04 Å². The third-order valence-electron chi connectivity index (χ3n) is 6.06. The average Bonchev–Trinajstić information content (AvgIpc) is 2.77. The van der Waals surface area contributed by atoms with Crippen molar-refractivity contribution in [3.63, 3.8) is 0 Å². The fraction of sp³-hybridized carbons (Fsp3) is 0.357. The molecule has 2 aromatic heterocycles. The molecule has 0 spiro atoms. The number of amides is 1. The summed E-state index contributed by atoms with van der Waals surface area (Å²) in [5.74, 6) is -1.29. The van der Waals surface area contributed by atoms with E-state index < -0.39 is 24.0 Å². The third-order valence-corrected chi connectivity index (χ3v) is 6.06. The van der Waals surface area contributed by atoms with E-state index in [0.29, 0.717) is 12.0 Å². The first-order valence-electron chi connectivity index (χ1n) is 11.8. The molecule has 2 heterocycles. The smallest absolute Gasteiger partial charge is 0.305 e. The van der Waals surface area contributed by atoms with Crippen LogP contribution in [0.1, 0.15) is 61.0 Å². The Bertz CT molecular complexity index is 1260. The molecule has 0 aliphatic rings. The zero-order valence-electron chi connectivity index (χ0n) is 20.9. The van der Waals surface area contributed by atoms with Gasteiger partial charge in [-0.1, -0.05) is 32.0 Å². The van der Waals surface area contributed by atoms with E-state index in [-0.39, 0.29) is 17.9 Å². The summed E-state index contributed by atoms with van der Waals surface area (Å²) < 4.78 is 1.42. The average molecular weight is 476 g/mol. The second-order valence-corrected chi connectivity index (χ2v) is 9.53. The number of hydrogen-bond acceptors (Lipinski definition) is 4. The van der Waals surface area contributed by atoms with Crippen molar-refractivity contribution < 1.29 is 14.7 Å². The van der Waals surface area contributed by atoms with Crippen LogP contribution in [0.3, 0.4) is 0 Å². The Labute approximate surface area is 205 Å². The maximum atomic E-state index is 13.5. The van der Waals surface area contributed by atoms with Gasteiger partial charge in [-0.3, -0.25) is 19.4 Å². The van der Waals surface area contributed by atoms with E-state index in [9.17, 15) is 19.5 Å². The van der Waals surface area contributed by atoms with Crippen molar-refractivity contribution in [2.24, 2.45) is 5.92 Å². The lowest BCUT2D eigenvalue weighted by atomic mass is 9.94. The van der Waals surface area contributed by atoms with Crippen molar-refractivity contribution in [2.75, 3.05) is 0 Å². The minimum Gasteiger partial charge on any atom is -0.481 e. The summed E-state index contributed by atoms with van der Waals surface area (Å²) in [4.78, 5) is 42.2. The number of carboxylic acid groups (broad SMARTS) is 1. The molecule has 2 atom stereocenters. The number of carbonyl (C=O) groups is 2. The van der Waals surface area contributed by atoms with Crippen LogP contribution in [0.15, 0.2) is 59.8 Å².